The van der Waals surface area contributed by atoms with Crippen molar-refractivity contribution in [3.8, 4) is 0 Å². The number of nitrogens with zero attached hydrogens (tertiary/aromatic N) is 3. The maximum Gasteiger partial charge on any atom is 0.193 e. The molecule has 0 amide bonds. The van der Waals surface area contributed by atoms with E-state index in [-0.39, 0.29) is 0 Å². The Balaban J connectivity index is 2.22. The van der Waals surface area contributed by atoms with Crippen molar-refractivity contribution in [2.75, 3.05) is 0 Å². The van der Waals surface area contributed by atoms with E-state index in [9.17, 15) is 0 Å². The molecule has 2 aromatic heterocycles. The van der Waals surface area contributed by atoms with E-state index in [1.807, 2.05) is 13.0 Å². The Labute approximate surface area is 101 Å². The first-order valence-electron chi connectivity index (χ1n) is 4.33. The molecule has 0 atom stereocenters. The van der Waals surface area contributed by atoms with Crippen LogP contribution in [0.1, 0.15) is 5.56 Å². The number of aryl methyl sites for hydroxylation is 1. The molecular weight excluding hydrogens is 274 g/mol. The van der Waals surface area contributed by atoms with Crippen molar-refractivity contribution >= 4 is 27.7 Å². The molecule has 0 saturated heterocycles. The van der Waals surface area contributed by atoms with Crippen molar-refractivity contribution < 1.29 is 0 Å². The number of hydrogen-bond donors (Lipinski definition) is 0. The SMILES string of the molecule is Cc1cc(Sc2ncccn2)ncc1Br. The molecular formula is C10H8BrN3S. The summed E-state index contributed by atoms with van der Waals surface area (Å²) < 4.78 is 1.01. The smallest absolute Gasteiger partial charge is 0.193 e. The predicted octanol–water partition coefficient (Wildman–Crippen LogP) is 3.09. The minimum atomic E-state index is 0.715. The third-order valence-corrected chi connectivity index (χ3v) is 3.42. The molecule has 0 aliphatic heterocycles. The van der Waals surface area contributed by atoms with Gasteiger partial charge in [-0.2, -0.15) is 0 Å². The molecule has 76 valence electrons. The zero-order valence-corrected chi connectivity index (χ0v) is 10.4. The zero-order valence-electron chi connectivity index (χ0n) is 8.01. The molecule has 15 heavy (non-hydrogen) atoms. The van der Waals surface area contributed by atoms with Gasteiger partial charge in [0.1, 0.15) is 5.03 Å². The normalized spacial score (nSPS) is 10.3. The van der Waals surface area contributed by atoms with E-state index in [1.165, 1.54) is 11.8 Å². The fraction of sp³-hybridized carbons (Fsp3) is 0.100. The molecule has 0 spiro atoms. The number of pyridine rings is 1. The summed E-state index contributed by atoms with van der Waals surface area (Å²) in [5.74, 6) is 0. The second kappa shape index (κ2) is 4.72. The van der Waals surface area contributed by atoms with Gasteiger partial charge in [-0.3, -0.25) is 0 Å². The Morgan fingerprint density at radius 1 is 1.20 bits per heavy atom. The summed E-state index contributed by atoms with van der Waals surface area (Å²) in [6, 6.07) is 3.80. The van der Waals surface area contributed by atoms with E-state index in [4.69, 9.17) is 0 Å². The van der Waals surface area contributed by atoms with Gasteiger partial charge in [-0.15, -0.1) is 0 Å². The van der Waals surface area contributed by atoms with Crippen LogP contribution in [0, 0.1) is 6.92 Å². The Kier molecular flexibility index (Phi) is 3.33. The van der Waals surface area contributed by atoms with Gasteiger partial charge >= 0.3 is 0 Å². The summed E-state index contributed by atoms with van der Waals surface area (Å²) in [5.41, 5.74) is 1.16. The lowest BCUT2D eigenvalue weighted by molar-refractivity contribution is 0.959. The molecule has 2 heterocycles. The topological polar surface area (TPSA) is 38.7 Å². The fourth-order valence-electron chi connectivity index (χ4n) is 1.00. The summed E-state index contributed by atoms with van der Waals surface area (Å²) in [6.45, 7) is 2.03. The summed E-state index contributed by atoms with van der Waals surface area (Å²) in [6.07, 6.45) is 5.24. The highest BCUT2D eigenvalue weighted by Crippen LogP contribution is 2.25. The molecule has 0 saturated carbocycles. The Morgan fingerprint density at radius 2 is 1.93 bits per heavy atom. The van der Waals surface area contributed by atoms with Crippen molar-refractivity contribution in [3.05, 3.63) is 40.8 Å². The highest BCUT2D eigenvalue weighted by Gasteiger charge is 2.02. The first kappa shape index (κ1) is 10.6. The van der Waals surface area contributed by atoms with E-state index in [1.54, 1.807) is 24.7 Å². The van der Waals surface area contributed by atoms with Crippen LogP contribution in [0.15, 0.2) is 45.4 Å². The Bertz CT molecular complexity index is 461. The molecule has 0 N–H and O–H groups in total. The van der Waals surface area contributed by atoms with Crippen molar-refractivity contribution in [2.45, 2.75) is 17.1 Å². The molecule has 0 fully saturated rings. The lowest BCUT2D eigenvalue weighted by Crippen LogP contribution is -1.87. The lowest BCUT2D eigenvalue weighted by atomic mass is 10.3. The maximum atomic E-state index is 4.27. The summed E-state index contributed by atoms with van der Waals surface area (Å²) in [5, 5.41) is 1.62. The van der Waals surface area contributed by atoms with Crippen LogP contribution in [-0.4, -0.2) is 15.0 Å². The van der Waals surface area contributed by atoms with Gasteiger partial charge in [0.2, 0.25) is 0 Å². The predicted molar refractivity (Wildman–Crippen MR) is 62.8 cm³/mol. The molecule has 5 heteroatoms. The third-order valence-electron chi connectivity index (χ3n) is 1.76. The lowest BCUT2D eigenvalue weighted by Gasteiger charge is -2.01. The molecule has 0 aliphatic carbocycles. The van der Waals surface area contributed by atoms with Crippen LogP contribution < -0.4 is 0 Å². The van der Waals surface area contributed by atoms with Crippen molar-refractivity contribution in [2.24, 2.45) is 0 Å². The quantitative estimate of drug-likeness (QED) is 0.793. The number of aromatic nitrogens is 3. The van der Waals surface area contributed by atoms with Gasteiger partial charge in [0.05, 0.1) is 0 Å². The standard InChI is InChI=1S/C10H8BrN3S/c1-7-5-9(14-6-8(7)11)15-10-12-3-2-4-13-10/h2-6H,1H3. The fourth-order valence-corrected chi connectivity index (χ4v) is 1.97. The first-order valence-corrected chi connectivity index (χ1v) is 5.93. The molecule has 0 radical (unpaired) electrons. The monoisotopic (exact) mass is 281 g/mol. The van der Waals surface area contributed by atoms with Crippen molar-refractivity contribution in [1.29, 1.82) is 0 Å². The number of halogens is 1. The first-order chi connectivity index (χ1) is 7.25. The second-order valence-electron chi connectivity index (χ2n) is 2.91. The minimum absolute atomic E-state index is 0.715. The van der Waals surface area contributed by atoms with Gasteiger partial charge in [-0.05, 0) is 52.3 Å². The van der Waals surface area contributed by atoms with Gasteiger partial charge in [0.25, 0.3) is 0 Å². The van der Waals surface area contributed by atoms with E-state index in [2.05, 4.69) is 30.9 Å². The van der Waals surface area contributed by atoms with Crippen LogP contribution >= 0.6 is 27.7 Å². The Morgan fingerprint density at radius 3 is 2.60 bits per heavy atom. The summed E-state index contributed by atoms with van der Waals surface area (Å²) in [4.78, 5) is 12.5. The highest BCUT2D eigenvalue weighted by molar-refractivity contribution is 9.10. The van der Waals surface area contributed by atoms with Gasteiger partial charge in [0, 0.05) is 23.1 Å². The van der Waals surface area contributed by atoms with Crippen LogP contribution in [0.4, 0.5) is 0 Å². The van der Waals surface area contributed by atoms with E-state index >= 15 is 0 Å². The average molecular weight is 282 g/mol. The van der Waals surface area contributed by atoms with Gasteiger partial charge < -0.3 is 0 Å². The number of rotatable bonds is 2. The summed E-state index contributed by atoms with van der Waals surface area (Å²) >= 11 is 4.87. The molecule has 0 bridgehead atoms. The largest absolute Gasteiger partial charge is 0.248 e. The highest BCUT2D eigenvalue weighted by atomic mass is 79.9. The van der Waals surface area contributed by atoms with Crippen LogP contribution in [0.3, 0.4) is 0 Å². The molecule has 0 aliphatic rings. The van der Waals surface area contributed by atoms with E-state index in [0.29, 0.717) is 5.16 Å². The van der Waals surface area contributed by atoms with Crippen LogP contribution in [-0.2, 0) is 0 Å². The molecule has 2 rings (SSSR count). The van der Waals surface area contributed by atoms with Gasteiger partial charge in [-0.1, -0.05) is 0 Å². The molecule has 3 nitrogen and oxygen atoms in total. The van der Waals surface area contributed by atoms with Crippen molar-refractivity contribution in [1.82, 2.24) is 15.0 Å². The van der Waals surface area contributed by atoms with Gasteiger partial charge in [-0.25, -0.2) is 15.0 Å². The maximum absolute atomic E-state index is 4.27. The minimum Gasteiger partial charge on any atom is -0.248 e. The molecule has 2 aromatic rings. The van der Waals surface area contributed by atoms with Gasteiger partial charge in [0.15, 0.2) is 5.16 Å². The molecule has 0 unspecified atom stereocenters. The summed E-state index contributed by atoms with van der Waals surface area (Å²) in [7, 11) is 0. The van der Waals surface area contributed by atoms with Crippen LogP contribution in [0.2, 0.25) is 0 Å². The Hall–Kier alpha value is -0.940. The second-order valence-corrected chi connectivity index (χ2v) is 4.75. The van der Waals surface area contributed by atoms with Crippen LogP contribution in [0.5, 0.6) is 0 Å². The molecule has 0 aromatic carbocycles. The average Bonchev–Trinajstić information content (AvgIpc) is 2.25. The van der Waals surface area contributed by atoms with E-state index < -0.39 is 0 Å². The third kappa shape index (κ3) is 2.76. The van der Waals surface area contributed by atoms with Crippen molar-refractivity contribution in [3.63, 3.8) is 0 Å². The van der Waals surface area contributed by atoms with E-state index in [0.717, 1.165) is 15.1 Å². The zero-order chi connectivity index (χ0) is 10.7. The van der Waals surface area contributed by atoms with Crippen LogP contribution in [0.25, 0.3) is 0 Å². The number of hydrogen-bond acceptors (Lipinski definition) is 4.